The van der Waals surface area contributed by atoms with Crippen LogP contribution in [0, 0.1) is 0 Å². The second-order valence-corrected chi connectivity index (χ2v) is 4.40. The van der Waals surface area contributed by atoms with Gasteiger partial charge in [0.05, 0.1) is 12.3 Å². The van der Waals surface area contributed by atoms with Crippen LogP contribution in [0.3, 0.4) is 0 Å². The number of hydrogen-bond donors (Lipinski definition) is 3. The van der Waals surface area contributed by atoms with Gasteiger partial charge in [0, 0.05) is 0 Å². The average Bonchev–Trinajstić information content (AvgIpc) is 2.45. The molecule has 1 amide bonds. The van der Waals surface area contributed by atoms with Crippen molar-refractivity contribution in [2.75, 3.05) is 12.3 Å². The highest BCUT2D eigenvalue weighted by molar-refractivity contribution is 8.01. The molecule has 2 aliphatic rings. The van der Waals surface area contributed by atoms with E-state index in [0.29, 0.717) is 5.75 Å². The molecule has 5 nitrogen and oxygen atoms in total. The summed E-state index contributed by atoms with van der Waals surface area (Å²) >= 11 is 1.30. The van der Waals surface area contributed by atoms with Crippen LogP contribution in [0.2, 0.25) is 0 Å². The minimum absolute atomic E-state index is 0.0833. The maximum Gasteiger partial charge on any atom is 0.233 e. The molecule has 0 saturated carbocycles. The molecule has 3 N–H and O–H groups in total. The summed E-state index contributed by atoms with van der Waals surface area (Å²) < 4.78 is 0. The van der Waals surface area contributed by atoms with Crippen molar-refractivity contribution >= 4 is 17.7 Å². The van der Waals surface area contributed by atoms with E-state index >= 15 is 0 Å². The predicted octanol–water partition coefficient (Wildman–Crippen LogP) is -2.02. The van der Waals surface area contributed by atoms with Crippen molar-refractivity contribution in [3.05, 3.63) is 0 Å². The van der Waals surface area contributed by atoms with Gasteiger partial charge in [-0.05, 0) is 0 Å². The SMILES string of the molecule is O=C1CS[C@H]2[C@H](O)[C@H](O)[C@H](O)CN12. The first-order valence-corrected chi connectivity index (χ1v) is 5.11. The molecule has 0 unspecified atom stereocenters. The molecule has 0 bridgehead atoms. The normalized spacial score (nSPS) is 45.2. The summed E-state index contributed by atoms with van der Waals surface area (Å²) in [7, 11) is 0. The summed E-state index contributed by atoms with van der Waals surface area (Å²) in [5.41, 5.74) is 0. The Labute approximate surface area is 79.3 Å². The van der Waals surface area contributed by atoms with Crippen LogP contribution in [0.1, 0.15) is 0 Å². The molecular weight excluding hydrogens is 194 g/mol. The summed E-state index contributed by atoms with van der Waals surface area (Å²) in [6.45, 7) is 0.120. The average molecular weight is 205 g/mol. The van der Waals surface area contributed by atoms with Gasteiger partial charge >= 0.3 is 0 Å². The van der Waals surface area contributed by atoms with E-state index in [0.717, 1.165) is 0 Å². The first kappa shape index (κ1) is 9.26. The third kappa shape index (κ3) is 1.34. The van der Waals surface area contributed by atoms with Gasteiger partial charge in [0.2, 0.25) is 5.91 Å². The summed E-state index contributed by atoms with van der Waals surface area (Å²) in [6, 6.07) is 0. The van der Waals surface area contributed by atoms with E-state index in [-0.39, 0.29) is 17.8 Å². The van der Waals surface area contributed by atoms with Gasteiger partial charge in [-0.3, -0.25) is 4.79 Å². The Bertz CT molecular complexity index is 237. The van der Waals surface area contributed by atoms with Crippen LogP contribution in [0.5, 0.6) is 0 Å². The number of fused-ring (bicyclic) bond motifs is 1. The van der Waals surface area contributed by atoms with Gasteiger partial charge in [-0.1, -0.05) is 0 Å². The Morgan fingerprint density at radius 1 is 1.31 bits per heavy atom. The van der Waals surface area contributed by atoms with Crippen LogP contribution in [-0.2, 0) is 4.79 Å². The second kappa shape index (κ2) is 3.13. The van der Waals surface area contributed by atoms with Crippen molar-refractivity contribution < 1.29 is 20.1 Å². The molecule has 0 aliphatic carbocycles. The van der Waals surface area contributed by atoms with E-state index in [1.165, 1.54) is 16.7 Å². The van der Waals surface area contributed by atoms with Crippen molar-refractivity contribution in [3.63, 3.8) is 0 Å². The highest BCUT2D eigenvalue weighted by Crippen LogP contribution is 2.32. The van der Waals surface area contributed by atoms with E-state index in [9.17, 15) is 20.1 Å². The Morgan fingerprint density at radius 3 is 2.69 bits per heavy atom. The Kier molecular flexibility index (Phi) is 2.23. The molecule has 2 rings (SSSR count). The lowest BCUT2D eigenvalue weighted by Crippen LogP contribution is -2.59. The van der Waals surface area contributed by atoms with Gasteiger partial charge in [0.25, 0.3) is 0 Å². The highest BCUT2D eigenvalue weighted by atomic mass is 32.2. The van der Waals surface area contributed by atoms with E-state index < -0.39 is 18.3 Å². The van der Waals surface area contributed by atoms with Gasteiger partial charge in [-0.25, -0.2) is 0 Å². The lowest BCUT2D eigenvalue weighted by molar-refractivity contribution is -0.147. The molecule has 0 aromatic rings. The van der Waals surface area contributed by atoms with Crippen molar-refractivity contribution in [1.29, 1.82) is 0 Å². The summed E-state index contributed by atoms with van der Waals surface area (Å²) in [5.74, 6) is 0.237. The van der Waals surface area contributed by atoms with Gasteiger partial charge in [0.15, 0.2) is 0 Å². The third-order valence-corrected chi connectivity index (χ3v) is 3.71. The molecule has 2 heterocycles. The van der Waals surface area contributed by atoms with Crippen molar-refractivity contribution in [1.82, 2.24) is 4.90 Å². The van der Waals surface area contributed by atoms with Crippen LogP contribution >= 0.6 is 11.8 Å². The number of amides is 1. The lowest BCUT2D eigenvalue weighted by atomic mass is 10.0. The smallest absolute Gasteiger partial charge is 0.233 e. The Morgan fingerprint density at radius 2 is 2.00 bits per heavy atom. The van der Waals surface area contributed by atoms with Crippen LogP contribution < -0.4 is 0 Å². The third-order valence-electron chi connectivity index (χ3n) is 2.43. The van der Waals surface area contributed by atoms with Crippen LogP contribution in [0.25, 0.3) is 0 Å². The molecule has 0 radical (unpaired) electrons. The molecular formula is C7H11NO4S. The van der Waals surface area contributed by atoms with E-state index in [4.69, 9.17) is 0 Å². The maximum atomic E-state index is 11.2. The van der Waals surface area contributed by atoms with Crippen LogP contribution in [0.4, 0.5) is 0 Å². The number of aliphatic hydroxyl groups is 3. The summed E-state index contributed by atoms with van der Waals surface area (Å²) in [4.78, 5) is 12.6. The van der Waals surface area contributed by atoms with E-state index in [1.807, 2.05) is 0 Å². The van der Waals surface area contributed by atoms with Crippen LogP contribution in [0.15, 0.2) is 0 Å². The van der Waals surface area contributed by atoms with E-state index in [1.54, 1.807) is 0 Å². The first-order chi connectivity index (χ1) is 6.11. The zero-order valence-electron chi connectivity index (χ0n) is 6.83. The lowest BCUT2D eigenvalue weighted by Gasteiger charge is -2.39. The Balaban J connectivity index is 2.18. The van der Waals surface area contributed by atoms with E-state index in [2.05, 4.69) is 0 Å². The fourth-order valence-electron chi connectivity index (χ4n) is 1.67. The fraction of sp³-hybridized carbons (Fsp3) is 0.857. The molecule has 0 spiro atoms. The zero-order valence-corrected chi connectivity index (χ0v) is 7.65. The number of thioether (sulfide) groups is 1. The van der Waals surface area contributed by atoms with Gasteiger partial charge in [0.1, 0.15) is 23.7 Å². The summed E-state index contributed by atoms with van der Waals surface area (Å²) in [5, 5.41) is 27.8. The minimum atomic E-state index is -1.14. The van der Waals surface area contributed by atoms with Crippen molar-refractivity contribution in [2.45, 2.75) is 23.7 Å². The largest absolute Gasteiger partial charge is 0.388 e. The monoisotopic (exact) mass is 205 g/mol. The molecule has 2 saturated heterocycles. The number of nitrogens with zero attached hydrogens (tertiary/aromatic N) is 1. The number of carbonyl (C=O) groups is 1. The zero-order chi connectivity index (χ0) is 9.59. The molecule has 2 fully saturated rings. The molecule has 2 aliphatic heterocycles. The van der Waals surface area contributed by atoms with Crippen LogP contribution in [-0.4, -0.2) is 62.1 Å². The molecule has 4 atom stereocenters. The van der Waals surface area contributed by atoms with Crippen molar-refractivity contribution in [3.8, 4) is 0 Å². The fourth-order valence-corrected chi connectivity index (χ4v) is 2.89. The quantitative estimate of drug-likeness (QED) is 0.425. The maximum absolute atomic E-state index is 11.2. The number of piperidine rings is 1. The minimum Gasteiger partial charge on any atom is -0.388 e. The number of aliphatic hydroxyl groups excluding tert-OH is 3. The topological polar surface area (TPSA) is 81.0 Å². The molecule has 13 heavy (non-hydrogen) atoms. The Hall–Kier alpha value is -0.300. The second-order valence-electron chi connectivity index (χ2n) is 3.30. The van der Waals surface area contributed by atoms with Crippen molar-refractivity contribution in [2.24, 2.45) is 0 Å². The first-order valence-electron chi connectivity index (χ1n) is 4.06. The molecule has 74 valence electrons. The molecule has 6 heteroatoms. The number of hydrogen-bond acceptors (Lipinski definition) is 5. The van der Waals surface area contributed by atoms with Gasteiger partial charge < -0.3 is 20.2 Å². The number of rotatable bonds is 0. The predicted molar refractivity (Wildman–Crippen MR) is 46.0 cm³/mol. The molecule has 0 aromatic heterocycles. The molecule has 0 aromatic carbocycles. The highest BCUT2D eigenvalue weighted by Gasteiger charge is 2.46. The summed E-state index contributed by atoms with van der Waals surface area (Å²) in [6.07, 6.45) is -3.21. The van der Waals surface area contributed by atoms with Gasteiger partial charge in [-0.2, -0.15) is 0 Å². The standard InChI is InChI=1S/C7H11NO4S/c9-3-1-8-4(10)2-13-7(8)6(12)5(3)11/h3,5-7,9,11-12H,1-2H2/t3-,5-,6-,7+/m1/s1. The number of carbonyl (C=O) groups excluding carboxylic acids is 1. The van der Waals surface area contributed by atoms with Gasteiger partial charge in [-0.15, -0.1) is 11.8 Å².